The first kappa shape index (κ1) is 71.4. The molecule has 0 aliphatic rings. The van der Waals surface area contributed by atoms with Crippen LogP contribution >= 0.6 is 0 Å². The van der Waals surface area contributed by atoms with Crippen LogP contribution in [0.4, 0.5) is 0 Å². The van der Waals surface area contributed by atoms with Crippen LogP contribution in [0, 0.1) is 0 Å². The van der Waals surface area contributed by atoms with E-state index in [4.69, 9.17) is 14.2 Å². The highest BCUT2D eigenvalue weighted by Gasteiger charge is 2.19. The van der Waals surface area contributed by atoms with Crippen LogP contribution in [0.2, 0.25) is 0 Å². The first-order valence-corrected chi connectivity index (χ1v) is 32.6. The van der Waals surface area contributed by atoms with Gasteiger partial charge in [0.25, 0.3) is 0 Å². The molecule has 0 spiro atoms. The van der Waals surface area contributed by atoms with Crippen molar-refractivity contribution in [3.05, 3.63) is 48.6 Å². The SMILES string of the molecule is CCCCCCC/C=C\C/C=C\C/C=C\CCCCCCCCC(=O)OCC(COC(=O)CCCCCCCCCCCCCCCCCC)OC(=O)CCCCCCCCCCC/C=C\CCCCCCCC. The van der Waals surface area contributed by atoms with Gasteiger partial charge in [0, 0.05) is 19.3 Å². The molecular weight excluding hydrogens is 913 g/mol. The van der Waals surface area contributed by atoms with Gasteiger partial charge in [0.1, 0.15) is 13.2 Å². The molecule has 0 N–H and O–H groups in total. The van der Waals surface area contributed by atoms with Crippen LogP contribution in [0.25, 0.3) is 0 Å². The second-order valence-corrected chi connectivity index (χ2v) is 22.0. The molecule has 6 heteroatoms. The first-order valence-electron chi connectivity index (χ1n) is 32.6. The Morgan fingerprint density at radius 3 is 0.770 bits per heavy atom. The minimum atomic E-state index is -0.779. The summed E-state index contributed by atoms with van der Waals surface area (Å²) in [7, 11) is 0. The molecule has 0 radical (unpaired) electrons. The van der Waals surface area contributed by atoms with Gasteiger partial charge in [-0.15, -0.1) is 0 Å². The maximum Gasteiger partial charge on any atom is 0.306 e. The Kier molecular flexibility index (Phi) is 60.7. The molecule has 1 atom stereocenters. The van der Waals surface area contributed by atoms with Crippen molar-refractivity contribution >= 4 is 17.9 Å². The van der Waals surface area contributed by atoms with Gasteiger partial charge in [-0.1, -0.05) is 294 Å². The van der Waals surface area contributed by atoms with E-state index in [0.717, 1.165) is 77.0 Å². The summed E-state index contributed by atoms with van der Waals surface area (Å²) < 4.78 is 17.0. The maximum atomic E-state index is 12.9. The van der Waals surface area contributed by atoms with Gasteiger partial charge in [0.2, 0.25) is 0 Å². The minimum Gasteiger partial charge on any atom is -0.462 e. The van der Waals surface area contributed by atoms with Crippen molar-refractivity contribution in [2.75, 3.05) is 13.2 Å². The van der Waals surface area contributed by atoms with E-state index in [1.54, 1.807) is 0 Å². The van der Waals surface area contributed by atoms with Gasteiger partial charge >= 0.3 is 17.9 Å². The Balaban J connectivity index is 4.36. The van der Waals surface area contributed by atoms with E-state index in [0.29, 0.717) is 19.3 Å². The molecule has 0 aromatic heterocycles. The van der Waals surface area contributed by atoms with Gasteiger partial charge in [-0.05, 0) is 83.5 Å². The molecule has 432 valence electrons. The van der Waals surface area contributed by atoms with Crippen molar-refractivity contribution in [1.29, 1.82) is 0 Å². The molecule has 0 saturated heterocycles. The number of ether oxygens (including phenoxy) is 3. The molecule has 0 aromatic rings. The molecule has 0 bridgehead atoms. The minimum absolute atomic E-state index is 0.0744. The Hall–Kier alpha value is -2.63. The van der Waals surface area contributed by atoms with Crippen LogP contribution in [0.1, 0.15) is 348 Å². The monoisotopic (exact) mass is 1040 g/mol. The number of carbonyl (C=O) groups excluding carboxylic acids is 3. The third kappa shape index (κ3) is 60.2. The second kappa shape index (κ2) is 62.9. The van der Waals surface area contributed by atoms with Gasteiger partial charge in [-0.2, -0.15) is 0 Å². The van der Waals surface area contributed by atoms with Gasteiger partial charge in [-0.3, -0.25) is 14.4 Å². The Bertz CT molecular complexity index is 1280. The molecule has 0 rings (SSSR count). The average molecular weight is 1040 g/mol. The fourth-order valence-electron chi connectivity index (χ4n) is 9.62. The normalized spacial score (nSPS) is 12.3. The highest BCUT2D eigenvalue weighted by molar-refractivity contribution is 5.71. The summed E-state index contributed by atoms with van der Waals surface area (Å²) in [6.45, 7) is 6.67. The summed E-state index contributed by atoms with van der Waals surface area (Å²) in [5.74, 6) is -0.867. The zero-order valence-electron chi connectivity index (χ0n) is 49.6. The van der Waals surface area contributed by atoms with E-state index in [-0.39, 0.29) is 31.1 Å². The summed E-state index contributed by atoms with van der Waals surface area (Å²) in [6.07, 6.45) is 78.2. The molecule has 0 aliphatic heterocycles. The number of unbranched alkanes of at least 4 members (excludes halogenated alkanes) is 41. The summed E-state index contributed by atoms with van der Waals surface area (Å²) in [5.41, 5.74) is 0. The van der Waals surface area contributed by atoms with E-state index in [1.807, 2.05) is 0 Å². The summed E-state index contributed by atoms with van der Waals surface area (Å²) >= 11 is 0. The van der Waals surface area contributed by atoms with Gasteiger partial charge < -0.3 is 14.2 Å². The highest BCUT2D eigenvalue weighted by Crippen LogP contribution is 2.17. The van der Waals surface area contributed by atoms with Crippen molar-refractivity contribution in [3.8, 4) is 0 Å². The van der Waals surface area contributed by atoms with Gasteiger partial charge in [0.05, 0.1) is 0 Å². The number of carbonyl (C=O) groups is 3. The summed E-state index contributed by atoms with van der Waals surface area (Å²) in [4.78, 5) is 38.3. The van der Waals surface area contributed by atoms with E-state index < -0.39 is 6.10 Å². The summed E-state index contributed by atoms with van der Waals surface area (Å²) in [6, 6.07) is 0. The fourth-order valence-corrected chi connectivity index (χ4v) is 9.62. The lowest BCUT2D eigenvalue weighted by Crippen LogP contribution is -2.30. The van der Waals surface area contributed by atoms with E-state index in [2.05, 4.69) is 69.4 Å². The molecule has 0 heterocycles. The van der Waals surface area contributed by atoms with E-state index in [9.17, 15) is 14.4 Å². The van der Waals surface area contributed by atoms with Crippen LogP contribution in [-0.2, 0) is 28.6 Å². The number of allylic oxidation sites excluding steroid dienone is 8. The molecule has 0 fully saturated rings. The van der Waals surface area contributed by atoms with Crippen LogP contribution in [-0.4, -0.2) is 37.2 Å². The molecule has 6 nitrogen and oxygen atoms in total. The third-order valence-electron chi connectivity index (χ3n) is 14.6. The first-order chi connectivity index (χ1) is 36.5. The van der Waals surface area contributed by atoms with Crippen LogP contribution in [0.15, 0.2) is 48.6 Å². The van der Waals surface area contributed by atoms with Crippen LogP contribution in [0.5, 0.6) is 0 Å². The smallest absolute Gasteiger partial charge is 0.306 e. The quantitative estimate of drug-likeness (QED) is 0.0261. The van der Waals surface area contributed by atoms with E-state index in [1.165, 1.54) is 231 Å². The molecular formula is C68H124O6. The Labute approximate surface area is 460 Å². The lowest BCUT2D eigenvalue weighted by atomic mass is 10.0. The van der Waals surface area contributed by atoms with Crippen molar-refractivity contribution in [3.63, 3.8) is 0 Å². The fraction of sp³-hybridized carbons (Fsp3) is 0.838. The van der Waals surface area contributed by atoms with Crippen LogP contribution < -0.4 is 0 Å². The van der Waals surface area contributed by atoms with Crippen molar-refractivity contribution in [2.45, 2.75) is 354 Å². The number of hydrogen-bond donors (Lipinski definition) is 0. The number of esters is 3. The number of rotatable bonds is 60. The zero-order valence-corrected chi connectivity index (χ0v) is 49.6. The van der Waals surface area contributed by atoms with Gasteiger partial charge in [-0.25, -0.2) is 0 Å². The van der Waals surface area contributed by atoms with Crippen LogP contribution in [0.3, 0.4) is 0 Å². The molecule has 74 heavy (non-hydrogen) atoms. The van der Waals surface area contributed by atoms with Gasteiger partial charge in [0.15, 0.2) is 6.10 Å². The number of hydrogen-bond acceptors (Lipinski definition) is 6. The zero-order chi connectivity index (χ0) is 53.6. The summed E-state index contributed by atoms with van der Waals surface area (Å²) in [5, 5.41) is 0. The Morgan fingerprint density at radius 2 is 0.486 bits per heavy atom. The molecule has 1 unspecified atom stereocenters. The molecule has 0 amide bonds. The maximum absolute atomic E-state index is 12.9. The Morgan fingerprint density at radius 1 is 0.270 bits per heavy atom. The van der Waals surface area contributed by atoms with Crippen molar-refractivity contribution in [2.24, 2.45) is 0 Å². The molecule has 0 saturated carbocycles. The molecule has 0 aliphatic carbocycles. The predicted octanol–water partition coefficient (Wildman–Crippen LogP) is 22.2. The lowest BCUT2D eigenvalue weighted by molar-refractivity contribution is -0.167. The lowest BCUT2D eigenvalue weighted by Gasteiger charge is -2.18. The topological polar surface area (TPSA) is 78.9 Å². The van der Waals surface area contributed by atoms with E-state index >= 15 is 0 Å². The third-order valence-corrected chi connectivity index (χ3v) is 14.6. The average Bonchev–Trinajstić information content (AvgIpc) is 3.40. The largest absolute Gasteiger partial charge is 0.462 e. The second-order valence-electron chi connectivity index (χ2n) is 22.0. The van der Waals surface area contributed by atoms with Crippen molar-refractivity contribution < 1.29 is 28.6 Å². The standard InChI is InChI=1S/C68H124O6/c1-4-7-10-13-16-19-22-25-28-31-33-34-36-37-40-43-46-49-52-55-58-61-67(70)73-64-65(63-72-66(69)60-57-54-51-48-45-42-39-30-27-24-21-18-15-12-9-6-3)74-68(71)62-59-56-53-50-47-44-41-38-35-32-29-26-23-20-17-14-11-8-5-2/h22,25-26,29,31,33,36-37,65H,4-21,23-24,27-28,30,32,34-35,38-64H2,1-3H3/b25-22-,29-26-,33-31-,37-36-. The van der Waals surface area contributed by atoms with Crippen molar-refractivity contribution in [1.82, 2.24) is 0 Å². The molecule has 0 aromatic carbocycles. The predicted molar refractivity (Wildman–Crippen MR) is 321 cm³/mol. The highest BCUT2D eigenvalue weighted by atomic mass is 16.6.